The van der Waals surface area contributed by atoms with Crippen LogP contribution in [0.15, 0.2) is 40.8 Å². The number of sulfonamides is 1. The molecule has 1 fully saturated rings. The van der Waals surface area contributed by atoms with Gasteiger partial charge in [0.15, 0.2) is 0 Å². The summed E-state index contributed by atoms with van der Waals surface area (Å²) in [5.74, 6) is 0.827. The maximum atomic E-state index is 13.6. The van der Waals surface area contributed by atoms with Gasteiger partial charge in [-0.05, 0) is 36.2 Å². The first kappa shape index (κ1) is 21.5. The Morgan fingerprint density at radius 1 is 1.28 bits per heavy atom. The van der Waals surface area contributed by atoms with Crippen LogP contribution in [0.1, 0.15) is 42.9 Å². The number of nitrogens with one attached hydrogen (secondary N) is 2. The van der Waals surface area contributed by atoms with Gasteiger partial charge in [0.2, 0.25) is 15.9 Å². The lowest BCUT2D eigenvalue weighted by atomic mass is 9.92. The molecule has 0 radical (unpaired) electrons. The Morgan fingerprint density at radius 2 is 2.03 bits per heavy atom. The fraction of sp³-hybridized carbons (Fsp3) is 0.450. The van der Waals surface area contributed by atoms with E-state index in [1.807, 2.05) is 0 Å². The number of nitrogens with zero attached hydrogens (tertiary/aromatic N) is 1. The minimum Gasteiger partial charge on any atom is -0.463 e. The Balaban J connectivity index is 1.65. The summed E-state index contributed by atoms with van der Waals surface area (Å²) in [5.41, 5.74) is 0.711. The molecule has 2 atom stereocenters. The van der Waals surface area contributed by atoms with Gasteiger partial charge in [0.1, 0.15) is 17.3 Å². The molecular formula is C20H26FN3O4S. The number of rotatable bonds is 8. The van der Waals surface area contributed by atoms with Crippen molar-refractivity contribution < 1.29 is 22.0 Å². The quantitative estimate of drug-likeness (QED) is 0.680. The van der Waals surface area contributed by atoms with Gasteiger partial charge in [0, 0.05) is 19.0 Å². The maximum Gasteiger partial charge on any atom is 0.220 e. The smallest absolute Gasteiger partial charge is 0.220 e. The topological polar surface area (TPSA) is 91.7 Å². The van der Waals surface area contributed by atoms with Crippen LogP contribution in [0, 0.1) is 5.82 Å². The van der Waals surface area contributed by atoms with E-state index in [0.717, 1.165) is 0 Å². The zero-order valence-corrected chi connectivity index (χ0v) is 17.3. The minimum absolute atomic E-state index is 0.0574. The molecule has 2 heterocycles. The highest BCUT2D eigenvalue weighted by Gasteiger charge is 2.30. The number of carbonyl (C=O) groups is 1. The molecule has 1 saturated heterocycles. The van der Waals surface area contributed by atoms with Crippen molar-refractivity contribution in [3.8, 4) is 0 Å². The fourth-order valence-electron chi connectivity index (χ4n) is 3.51. The molecule has 2 aromatic rings. The number of hydrogen-bond donors (Lipinski definition) is 2. The predicted molar refractivity (Wildman–Crippen MR) is 107 cm³/mol. The lowest BCUT2D eigenvalue weighted by Gasteiger charge is -2.33. The zero-order chi connectivity index (χ0) is 21.0. The fourth-order valence-corrected chi connectivity index (χ4v) is 4.34. The molecule has 9 heteroatoms. The monoisotopic (exact) mass is 423 g/mol. The molecule has 7 nitrogen and oxygen atoms in total. The summed E-state index contributed by atoms with van der Waals surface area (Å²) in [6.07, 6.45) is 2.19. The average molecular weight is 424 g/mol. The standard InChI is InChI=1S/C20H26FN3O4S/c1-3-24(29(2,26)27)13-17-8-7-16(28-17)12-22-18-9-10-19(25)23-20(18)14-5-4-6-15(21)11-14/h4-8,11,18,20,22H,3,9-10,12-13H2,1-2H3,(H,23,25)/t18-,20+/m1/s1. The van der Waals surface area contributed by atoms with Crippen molar-refractivity contribution in [3.63, 3.8) is 0 Å². The number of amides is 1. The molecule has 0 aliphatic carbocycles. The van der Waals surface area contributed by atoms with Gasteiger partial charge in [-0.3, -0.25) is 4.79 Å². The lowest BCUT2D eigenvalue weighted by molar-refractivity contribution is -0.123. The second-order valence-corrected chi connectivity index (χ2v) is 9.17. The average Bonchev–Trinajstić information content (AvgIpc) is 3.11. The number of benzene rings is 1. The summed E-state index contributed by atoms with van der Waals surface area (Å²) in [4.78, 5) is 11.9. The third-order valence-corrected chi connectivity index (χ3v) is 6.34. The van der Waals surface area contributed by atoms with Crippen molar-refractivity contribution in [2.24, 2.45) is 0 Å². The van der Waals surface area contributed by atoms with Gasteiger partial charge < -0.3 is 15.1 Å². The summed E-state index contributed by atoms with van der Waals surface area (Å²) in [6.45, 7) is 2.73. The van der Waals surface area contributed by atoms with Gasteiger partial charge in [-0.25, -0.2) is 12.8 Å². The Labute approximate surface area is 170 Å². The molecule has 1 aliphatic rings. The van der Waals surface area contributed by atoms with E-state index in [-0.39, 0.29) is 30.4 Å². The summed E-state index contributed by atoms with van der Waals surface area (Å²) in [6, 6.07) is 9.38. The van der Waals surface area contributed by atoms with Gasteiger partial charge in [-0.2, -0.15) is 4.31 Å². The van der Waals surface area contributed by atoms with Crippen LogP contribution in [0.5, 0.6) is 0 Å². The Morgan fingerprint density at radius 3 is 2.72 bits per heavy atom. The highest BCUT2D eigenvalue weighted by molar-refractivity contribution is 7.88. The Bertz CT molecular complexity index is 960. The molecule has 0 bridgehead atoms. The van der Waals surface area contributed by atoms with Crippen molar-refractivity contribution in [1.82, 2.24) is 14.9 Å². The molecule has 3 rings (SSSR count). The van der Waals surface area contributed by atoms with Gasteiger partial charge in [-0.15, -0.1) is 0 Å². The minimum atomic E-state index is -3.29. The second kappa shape index (κ2) is 9.06. The SMILES string of the molecule is CCN(Cc1ccc(CN[C@@H]2CCC(=O)N[C@H]2c2cccc(F)c2)o1)S(C)(=O)=O. The largest absolute Gasteiger partial charge is 0.463 e. The summed E-state index contributed by atoms with van der Waals surface area (Å²) >= 11 is 0. The van der Waals surface area contributed by atoms with E-state index in [0.29, 0.717) is 43.0 Å². The van der Waals surface area contributed by atoms with E-state index in [1.165, 1.54) is 22.7 Å². The molecule has 1 amide bonds. The zero-order valence-electron chi connectivity index (χ0n) is 16.5. The molecule has 1 aromatic carbocycles. The van der Waals surface area contributed by atoms with Gasteiger partial charge in [0.05, 0.1) is 25.4 Å². The first-order valence-corrected chi connectivity index (χ1v) is 11.4. The van der Waals surface area contributed by atoms with E-state index < -0.39 is 10.0 Å². The van der Waals surface area contributed by atoms with Crippen molar-refractivity contribution in [3.05, 3.63) is 59.3 Å². The number of halogens is 1. The molecule has 0 saturated carbocycles. The number of piperidine rings is 1. The normalized spacial score (nSPS) is 20.1. The van der Waals surface area contributed by atoms with Crippen molar-refractivity contribution in [2.75, 3.05) is 12.8 Å². The van der Waals surface area contributed by atoms with Crippen LogP contribution in [-0.4, -0.2) is 37.5 Å². The van der Waals surface area contributed by atoms with Crippen molar-refractivity contribution >= 4 is 15.9 Å². The number of carbonyl (C=O) groups excluding carboxylic acids is 1. The van der Waals surface area contributed by atoms with Crippen LogP contribution < -0.4 is 10.6 Å². The lowest BCUT2D eigenvalue weighted by Crippen LogP contribution is -2.48. The van der Waals surface area contributed by atoms with Gasteiger partial charge >= 0.3 is 0 Å². The molecule has 1 aliphatic heterocycles. The first-order chi connectivity index (χ1) is 13.8. The molecule has 0 spiro atoms. The summed E-state index contributed by atoms with van der Waals surface area (Å²) in [5, 5.41) is 6.30. The van der Waals surface area contributed by atoms with E-state index in [4.69, 9.17) is 4.42 Å². The highest BCUT2D eigenvalue weighted by atomic mass is 32.2. The van der Waals surface area contributed by atoms with E-state index in [2.05, 4.69) is 10.6 Å². The predicted octanol–water partition coefficient (Wildman–Crippen LogP) is 2.31. The molecule has 29 heavy (non-hydrogen) atoms. The van der Waals surface area contributed by atoms with Crippen molar-refractivity contribution in [2.45, 2.75) is 44.9 Å². The molecule has 0 unspecified atom stereocenters. The number of hydrogen-bond acceptors (Lipinski definition) is 5. The summed E-state index contributed by atoms with van der Waals surface area (Å²) < 4.78 is 44.2. The van der Waals surface area contributed by atoms with Gasteiger partial charge in [0.25, 0.3) is 0 Å². The van der Waals surface area contributed by atoms with E-state index in [1.54, 1.807) is 31.2 Å². The molecule has 1 aromatic heterocycles. The maximum absolute atomic E-state index is 13.6. The second-order valence-electron chi connectivity index (χ2n) is 7.18. The number of furan rings is 1. The summed E-state index contributed by atoms with van der Waals surface area (Å²) in [7, 11) is -3.29. The molecule has 158 valence electrons. The van der Waals surface area contributed by atoms with E-state index >= 15 is 0 Å². The molecule has 2 N–H and O–H groups in total. The Kier molecular flexibility index (Phi) is 6.71. The van der Waals surface area contributed by atoms with Crippen molar-refractivity contribution in [1.29, 1.82) is 0 Å². The third kappa shape index (κ3) is 5.65. The van der Waals surface area contributed by atoms with Crippen LogP contribution >= 0.6 is 0 Å². The first-order valence-electron chi connectivity index (χ1n) is 9.57. The Hall–Kier alpha value is -2.23. The highest BCUT2D eigenvalue weighted by Crippen LogP contribution is 2.25. The van der Waals surface area contributed by atoms with E-state index in [9.17, 15) is 17.6 Å². The van der Waals surface area contributed by atoms with Crippen LogP contribution in [-0.2, 0) is 27.9 Å². The van der Waals surface area contributed by atoms with Crippen LogP contribution in [0.4, 0.5) is 4.39 Å². The molecular weight excluding hydrogens is 397 g/mol. The van der Waals surface area contributed by atoms with Crippen LogP contribution in [0.2, 0.25) is 0 Å². The van der Waals surface area contributed by atoms with Gasteiger partial charge in [-0.1, -0.05) is 19.1 Å². The van der Waals surface area contributed by atoms with Crippen LogP contribution in [0.3, 0.4) is 0 Å². The third-order valence-electron chi connectivity index (χ3n) is 5.02. The van der Waals surface area contributed by atoms with Crippen LogP contribution in [0.25, 0.3) is 0 Å².